The van der Waals surface area contributed by atoms with Crippen LogP contribution in [-0.2, 0) is 6.54 Å². The van der Waals surface area contributed by atoms with E-state index in [9.17, 15) is 0 Å². The molecule has 118 valence electrons. The van der Waals surface area contributed by atoms with E-state index in [0.29, 0.717) is 6.04 Å². The monoisotopic (exact) mass is 317 g/mol. The maximum Gasteiger partial charge on any atom is 0.119 e. The zero-order valence-electron chi connectivity index (χ0n) is 13.6. The Morgan fingerprint density at radius 2 is 1.68 bits per heavy atom. The molecule has 0 aliphatic heterocycles. The molecule has 2 rings (SSSR count). The number of anilines is 1. The van der Waals surface area contributed by atoms with Gasteiger partial charge in [-0.2, -0.15) is 0 Å². The van der Waals surface area contributed by atoms with Gasteiger partial charge in [-0.3, -0.25) is 0 Å². The number of hydrogen-bond acceptors (Lipinski definition) is 2. The van der Waals surface area contributed by atoms with E-state index in [1.54, 1.807) is 7.11 Å². The number of hydrogen-bond donors (Lipinski definition) is 0. The molecule has 0 aromatic heterocycles. The topological polar surface area (TPSA) is 12.5 Å². The molecule has 3 heteroatoms. The van der Waals surface area contributed by atoms with Crippen molar-refractivity contribution in [3.8, 4) is 5.75 Å². The maximum absolute atomic E-state index is 5.98. The Balaban J connectivity index is 2.22. The lowest BCUT2D eigenvalue weighted by molar-refractivity contribution is 0.414. The largest absolute Gasteiger partial charge is 0.497 e. The molecular formula is C19H24ClNO. The minimum atomic E-state index is 0.481. The van der Waals surface area contributed by atoms with Crippen LogP contribution in [0, 0.1) is 0 Å². The van der Waals surface area contributed by atoms with Gasteiger partial charge < -0.3 is 9.64 Å². The molecule has 2 nitrogen and oxygen atoms in total. The summed E-state index contributed by atoms with van der Waals surface area (Å²) in [5.74, 6) is 0.887. The number of halogens is 1. The van der Waals surface area contributed by atoms with Gasteiger partial charge >= 0.3 is 0 Å². The fraction of sp³-hybridized carbons (Fsp3) is 0.368. The molecule has 0 aliphatic rings. The maximum atomic E-state index is 5.98. The molecule has 0 aliphatic carbocycles. The van der Waals surface area contributed by atoms with Crippen LogP contribution in [0.25, 0.3) is 0 Å². The molecule has 0 fully saturated rings. The van der Waals surface area contributed by atoms with E-state index in [-0.39, 0.29) is 0 Å². The summed E-state index contributed by atoms with van der Waals surface area (Å²) in [6.45, 7) is 5.39. The van der Waals surface area contributed by atoms with Crippen LogP contribution in [0.3, 0.4) is 0 Å². The first kappa shape index (κ1) is 16.7. The number of methoxy groups -OCH3 is 1. The van der Waals surface area contributed by atoms with Gasteiger partial charge in [0.2, 0.25) is 0 Å². The van der Waals surface area contributed by atoms with Crippen LogP contribution >= 0.6 is 11.6 Å². The van der Waals surface area contributed by atoms with Gasteiger partial charge in [-0.05, 0) is 55.3 Å². The summed E-state index contributed by atoms with van der Waals surface area (Å²) in [6.07, 6.45) is 2.34. The summed E-state index contributed by atoms with van der Waals surface area (Å²) in [5.41, 5.74) is 2.49. The molecule has 2 aromatic rings. The van der Waals surface area contributed by atoms with Crippen molar-refractivity contribution < 1.29 is 4.74 Å². The van der Waals surface area contributed by atoms with E-state index >= 15 is 0 Å². The summed E-state index contributed by atoms with van der Waals surface area (Å²) in [6, 6.07) is 16.9. The minimum absolute atomic E-state index is 0.481. The van der Waals surface area contributed by atoms with E-state index in [2.05, 4.69) is 43.0 Å². The Hall–Kier alpha value is -1.67. The highest BCUT2D eigenvalue weighted by Gasteiger charge is 2.14. The lowest BCUT2D eigenvalue weighted by Gasteiger charge is -2.31. The second-order valence-electron chi connectivity index (χ2n) is 5.59. The summed E-state index contributed by atoms with van der Waals surface area (Å²) in [4.78, 5) is 2.44. The molecule has 1 atom stereocenters. The van der Waals surface area contributed by atoms with Crippen molar-refractivity contribution in [2.24, 2.45) is 0 Å². The molecule has 0 bridgehead atoms. The van der Waals surface area contributed by atoms with Gasteiger partial charge in [0.05, 0.1) is 7.11 Å². The highest BCUT2D eigenvalue weighted by Crippen LogP contribution is 2.25. The number of benzene rings is 2. The molecule has 0 radical (unpaired) electrons. The van der Waals surface area contributed by atoms with Crippen molar-refractivity contribution in [2.75, 3.05) is 12.0 Å². The van der Waals surface area contributed by atoms with Crippen molar-refractivity contribution in [2.45, 2.75) is 39.3 Å². The van der Waals surface area contributed by atoms with E-state index < -0.39 is 0 Å². The van der Waals surface area contributed by atoms with Crippen LogP contribution in [0.15, 0.2) is 48.5 Å². The van der Waals surface area contributed by atoms with E-state index in [1.807, 2.05) is 24.3 Å². The predicted molar refractivity (Wildman–Crippen MR) is 95.0 cm³/mol. The molecule has 0 spiro atoms. The van der Waals surface area contributed by atoms with Crippen molar-refractivity contribution in [3.05, 3.63) is 59.1 Å². The number of ether oxygens (including phenoxy) is 1. The Bertz CT molecular complexity index is 565. The third-order valence-electron chi connectivity index (χ3n) is 3.91. The summed E-state index contributed by atoms with van der Waals surface area (Å²) >= 11 is 5.98. The molecule has 2 aromatic carbocycles. The van der Waals surface area contributed by atoms with Crippen molar-refractivity contribution in [3.63, 3.8) is 0 Å². The van der Waals surface area contributed by atoms with Crippen LogP contribution in [0.5, 0.6) is 5.75 Å². The first-order valence-electron chi connectivity index (χ1n) is 7.79. The fourth-order valence-electron chi connectivity index (χ4n) is 2.64. The van der Waals surface area contributed by atoms with Gasteiger partial charge in [0.15, 0.2) is 0 Å². The Kier molecular flexibility index (Phi) is 6.14. The molecule has 0 saturated carbocycles. The minimum Gasteiger partial charge on any atom is -0.497 e. The van der Waals surface area contributed by atoms with Crippen LogP contribution in [0.4, 0.5) is 5.69 Å². The summed E-state index contributed by atoms with van der Waals surface area (Å²) in [5, 5.41) is 0.779. The second-order valence-corrected chi connectivity index (χ2v) is 6.03. The van der Waals surface area contributed by atoms with Crippen LogP contribution in [0.2, 0.25) is 5.02 Å². The van der Waals surface area contributed by atoms with Gasteiger partial charge in [0.25, 0.3) is 0 Å². The van der Waals surface area contributed by atoms with Crippen LogP contribution < -0.4 is 9.64 Å². The summed E-state index contributed by atoms with van der Waals surface area (Å²) in [7, 11) is 1.69. The first-order chi connectivity index (χ1) is 10.6. The van der Waals surface area contributed by atoms with Crippen LogP contribution in [0.1, 0.15) is 32.3 Å². The molecular weight excluding hydrogens is 294 g/mol. The third kappa shape index (κ3) is 4.41. The normalized spacial score (nSPS) is 12.0. The lowest BCUT2D eigenvalue weighted by atomic mass is 10.1. The van der Waals surface area contributed by atoms with Crippen molar-refractivity contribution in [1.29, 1.82) is 0 Å². The van der Waals surface area contributed by atoms with Gasteiger partial charge in [-0.1, -0.05) is 37.1 Å². The van der Waals surface area contributed by atoms with Gasteiger partial charge in [-0.15, -0.1) is 0 Å². The fourth-order valence-corrected chi connectivity index (χ4v) is 2.76. The average Bonchev–Trinajstić information content (AvgIpc) is 2.54. The molecule has 0 N–H and O–H groups in total. The predicted octanol–water partition coefficient (Wildman–Crippen LogP) is 5.54. The molecule has 0 saturated heterocycles. The zero-order chi connectivity index (χ0) is 15.9. The van der Waals surface area contributed by atoms with Crippen molar-refractivity contribution >= 4 is 17.3 Å². The van der Waals surface area contributed by atoms with Gasteiger partial charge in [0, 0.05) is 23.3 Å². The van der Waals surface area contributed by atoms with Crippen LogP contribution in [-0.4, -0.2) is 13.2 Å². The first-order valence-corrected chi connectivity index (χ1v) is 8.17. The van der Waals surface area contributed by atoms with Gasteiger partial charge in [-0.25, -0.2) is 0 Å². The molecule has 1 unspecified atom stereocenters. The molecule has 0 amide bonds. The molecule has 22 heavy (non-hydrogen) atoms. The quantitative estimate of drug-likeness (QED) is 0.664. The second kappa shape index (κ2) is 8.09. The summed E-state index contributed by atoms with van der Waals surface area (Å²) < 4.78 is 5.26. The Labute approximate surface area is 138 Å². The van der Waals surface area contributed by atoms with Crippen molar-refractivity contribution in [1.82, 2.24) is 0 Å². The SMILES string of the molecule is CCCC(C)N(Cc1ccc(Cl)cc1)c1ccc(OC)cc1. The van der Waals surface area contributed by atoms with E-state index in [1.165, 1.54) is 24.1 Å². The zero-order valence-corrected chi connectivity index (χ0v) is 14.3. The van der Waals surface area contributed by atoms with E-state index in [4.69, 9.17) is 16.3 Å². The smallest absolute Gasteiger partial charge is 0.119 e. The third-order valence-corrected chi connectivity index (χ3v) is 4.16. The Morgan fingerprint density at radius 3 is 2.23 bits per heavy atom. The lowest BCUT2D eigenvalue weighted by Crippen LogP contribution is -2.32. The van der Waals surface area contributed by atoms with E-state index in [0.717, 1.165) is 17.3 Å². The van der Waals surface area contributed by atoms with Gasteiger partial charge in [0.1, 0.15) is 5.75 Å². The standard InChI is InChI=1S/C19H24ClNO/c1-4-5-15(2)21(14-16-6-8-17(20)9-7-16)18-10-12-19(22-3)13-11-18/h6-13,15H,4-5,14H2,1-3H3. The number of nitrogens with zero attached hydrogens (tertiary/aromatic N) is 1. The number of rotatable bonds is 7. The average molecular weight is 318 g/mol. The highest BCUT2D eigenvalue weighted by molar-refractivity contribution is 6.30. The highest BCUT2D eigenvalue weighted by atomic mass is 35.5. The molecule has 0 heterocycles. The Morgan fingerprint density at radius 1 is 1.05 bits per heavy atom.